The van der Waals surface area contributed by atoms with Crippen LogP contribution >= 0.6 is 0 Å². The van der Waals surface area contributed by atoms with E-state index in [0.717, 1.165) is 112 Å². The highest BCUT2D eigenvalue weighted by molar-refractivity contribution is 5.97. The molecule has 13 aromatic rings. The maximum atomic E-state index is 6.35. The Labute approximate surface area is 470 Å². The zero-order valence-electron chi connectivity index (χ0n) is 44.5. The molecule has 6 nitrogen and oxygen atoms in total. The van der Waals surface area contributed by atoms with Gasteiger partial charge in [-0.2, -0.15) is 0 Å². The van der Waals surface area contributed by atoms with Crippen LogP contribution in [-0.4, -0.2) is 15.0 Å². The smallest absolute Gasteiger partial charge is 0.174 e. The van der Waals surface area contributed by atoms with Crippen LogP contribution in [0.5, 0.6) is 0 Å². The second kappa shape index (κ2) is 18.1. The number of aromatic nitrogens is 3. The number of para-hydroxylation sites is 1. The fraction of sp³-hybridized carbons (Fsp3) is 0.0533. The number of anilines is 3. The van der Waals surface area contributed by atoms with Crippen LogP contribution in [0.2, 0.25) is 0 Å². The van der Waals surface area contributed by atoms with Gasteiger partial charge in [-0.3, -0.25) is 0 Å². The quantitative estimate of drug-likeness (QED) is 0.151. The molecule has 10 aromatic carbocycles. The Balaban J connectivity index is 0.933. The van der Waals surface area contributed by atoms with Gasteiger partial charge in [0.15, 0.2) is 29.0 Å². The molecule has 4 heterocycles. The first kappa shape index (κ1) is 46.6. The first-order valence-electron chi connectivity index (χ1n) is 27.6. The Morgan fingerprint density at radius 3 is 1.25 bits per heavy atom. The number of furan rings is 2. The van der Waals surface area contributed by atoms with Crippen molar-refractivity contribution in [2.24, 2.45) is 0 Å². The van der Waals surface area contributed by atoms with E-state index in [9.17, 15) is 0 Å². The molecule has 3 aliphatic rings. The molecule has 1 aliphatic heterocycles. The third-order valence-electron chi connectivity index (χ3n) is 17.0. The molecule has 0 atom stereocenters. The van der Waals surface area contributed by atoms with Gasteiger partial charge in [-0.25, -0.2) is 15.0 Å². The summed E-state index contributed by atoms with van der Waals surface area (Å²) in [5.41, 5.74) is 23.0. The summed E-state index contributed by atoms with van der Waals surface area (Å²) < 4.78 is 12.7. The van der Waals surface area contributed by atoms with Crippen LogP contribution in [-0.2, 0) is 10.8 Å². The lowest BCUT2D eigenvalue weighted by atomic mass is 9.64. The average molecular weight is 1040 g/mol. The fourth-order valence-electron chi connectivity index (χ4n) is 13.3. The molecule has 81 heavy (non-hydrogen) atoms. The standard InChI is InChI=1S/C75H50N4O2/c1-74(2)61-31-16-15-30-59(61)60-45-66-68(46-65(60)74)79(67-33-18-17-32-62(67)75(66)63-34-36-80-69(63)70-64(75)35-37-81-70)58-29-19-28-51(44-58)71-76-72(56-40-52(47-20-7-3-8-21-47)38-53(41-56)48-22-9-4-10-23-48)78-73(77-71)57-42-54(49-24-11-5-12-25-49)39-55(43-57)50-26-13-6-14-27-50/h3-46H,1-2H3. The Hall–Kier alpha value is -10.4. The summed E-state index contributed by atoms with van der Waals surface area (Å²) in [6, 6.07) is 91.2. The van der Waals surface area contributed by atoms with E-state index >= 15 is 0 Å². The zero-order valence-corrected chi connectivity index (χ0v) is 44.5. The molecule has 3 aromatic heterocycles. The molecule has 6 heteroatoms. The van der Waals surface area contributed by atoms with Gasteiger partial charge in [-0.1, -0.05) is 190 Å². The molecule has 0 radical (unpaired) electrons. The van der Waals surface area contributed by atoms with Crippen LogP contribution in [0.1, 0.15) is 47.2 Å². The number of hydrogen-bond acceptors (Lipinski definition) is 6. The van der Waals surface area contributed by atoms with Crippen molar-refractivity contribution in [3.63, 3.8) is 0 Å². The fourth-order valence-corrected chi connectivity index (χ4v) is 13.3. The normalized spacial score (nSPS) is 13.7. The molecule has 2 aliphatic carbocycles. The molecule has 0 N–H and O–H groups in total. The van der Waals surface area contributed by atoms with Crippen molar-refractivity contribution >= 4 is 17.1 Å². The minimum absolute atomic E-state index is 0.260. The van der Waals surface area contributed by atoms with Gasteiger partial charge in [0.1, 0.15) is 0 Å². The molecule has 0 bridgehead atoms. The molecule has 16 rings (SSSR count). The highest BCUT2D eigenvalue weighted by atomic mass is 16.4. The van der Waals surface area contributed by atoms with Gasteiger partial charge in [-0.05, 0) is 157 Å². The van der Waals surface area contributed by atoms with E-state index in [1.165, 1.54) is 22.3 Å². The van der Waals surface area contributed by atoms with E-state index in [4.69, 9.17) is 23.8 Å². The third kappa shape index (κ3) is 7.23. The highest BCUT2D eigenvalue weighted by Gasteiger charge is 2.55. The summed E-state index contributed by atoms with van der Waals surface area (Å²) in [6.07, 6.45) is 3.61. The Bertz CT molecular complexity index is 4320. The summed E-state index contributed by atoms with van der Waals surface area (Å²) in [7, 11) is 0. The maximum absolute atomic E-state index is 6.35. The summed E-state index contributed by atoms with van der Waals surface area (Å²) in [5.74, 6) is 3.24. The topological polar surface area (TPSA) is 68.2 Å². The average Bonchev–Trinajstić information content (AvgIpc) is 4.19. The van der Waals surface area contributed by atoms with Crippen molar-refractivity contribution in [3.05, 3.63) is 301 Å². The van der Waals surface area contributed by atoms with Crippen molar-refractivity contribution in [2.45, 2.75) is 24.7 Å². The highest BCUT2D eigenvalue weighted by Crippen LogP contribution is 2.66. The van der Waals surface area contributed by atoms with Crippen molar-refractivity contribution < 1.29 is 8.83 Å². The number of hydrogen-bond donors (Lipinski definition) is 0. The monoisotopic (exact) mass is 1040 g/mol. The molecule has 0 amide bonds. The first-order chi connectivity index (χ1) is 39.9. The second-order valence-corrected chi connectivity index (χ2v) is 21.9. The zero-order chi connectivity index (χ0) is 53.8. The SMILES string of the molecule is CC1(C)c2ccccc2-c2cc3c(cc21)N(c1cccc(-c2nc(-c4cc(-c5ccccc5)cc(-c5ccccc5)c4)nc(-c4cc(-c5ccccc5)cc(-c5ccccc5)c4)n2)c1)c1ccccc1C31c2ccoc2-c2occc21. The van der Waals surface area contributed by atoms with Crippen molar-refractivity contribution in [2.75, 3.05) is 4.90 Å². The first-order valence-corrected chi connectivity index (χ1v) is 27.6. The van der Waals surface area contributed by atoms with Crippen molar-refractivity contribution in [1.82, 2.24) is 15.0 Å². The molecule has 0 fully saturated rings. The van der Waals surface area contributed by atoms with Crippen LogP contribution in [0.4, 0.5) is 17.1 Å². The predicted octanol–water partition coefficient (Wildman–Crippen LogP) is 19.2. The van der Waals surface area contributed by atoms with Crippen molar-refractivity contribution in [3.8, 4) is 101 Å². The molecule has 382 valence electrons. The van der Waals surface area contributed by atoms with Crippen LogP contribution in [0.3, 0.4) is 0 Å². The predicted molar refractivity (Wildman–Crippen MR) is 326 cm³/mol. The van der Waals surface area contributed by atoms with Crippen LogP contribution in [0.15, 0.2) is 276 Å². The van der Waals surface area contributed by atoms with Gasteiger partial charge < -0.3 is 13.7 Å². The molecule has 0 unspecified atom stereocenters. The van der Waals surface area contributed by atoms with Crippen LogP contribution < -0.4 is 4.90 Å². The van der Waals surface area contributed by atoms with E-state index in [1.54, 1.807) is 12.5 Å². The van der Waals surface area contributed by atoms with E-state index in [2.05, 4.69) is 274 Å². The lowest BCUT2D eigenvalue weighted by Gasteiger charge is -2.44. The summed E-state index contributed by atoms with van der Waals surface area (Å²) in [5, 5.41) is 0. The maximum Gasteiger partial charge on any atom is 0.174 e. The molecule has 1 spiro atoms. The molecule has 0 saturated carbocycles. The largest absolute Gasteiger partial charge is 0.461 e. The van der Waals surface area contributed by atoms with Gasteiger partial charge in [0.2, 0.25) is 0 Å². The Morgan fingerprint density at radius 2 is 0.728 bits per heavy atom. The van der Waals surface area contributed by atoms with Gasteiger partial charge in [0.05, 0.1) is 29.3 Å². The molecular formula is C75H50N4O2. The Kier molecular flexibility index (Phi) is 10.4. The lowest BCUT2D eigenvalue weighted by Crippen LogP contribution is -2.36. The molecular weight excluding hydrogens is 989 g/mol. The summed E-state index contributed by atoms with van der Waals surface area (Å²) in [4.78, 5) is 19.0. The van der Waals surface area contributed by atoms with Gasteiger partial charge in [-0.15, -0.1) is 0 Å². The van der Waals surface area contributed by atoms with Gasteiger partial charge in [0.25, 0.3) is 0 Å². The van der Waals surface area contributed by atoms with Crippen LogP contribution in [0.25, 0.3) is 101 Å². The molecule has 0 saturated heterocycles. The van der Waals surface area contributed by atoms with Crippen molar-refractivity contribution in [1.29, 1.82) is 0 Å². The number of benzene rings is 10. The summed E-state index contributed by atoms with van der Waals surface area (Å²) in [6.45, 7) is 4.71. The minimum atomic E-state index is -0.723. The van der Waals surface area contributed by atoms with E-state index in [0.29, 0.717) is 17.5 Å². The number of fused-ring (bicyclic) bond motifs is 12. The van der Waals surface area contributed by atoms with Crippen LogP contribution in [0, 0.1) is 0 Å². The lowest BCUT2D eigenvalue weighted by molar-refractivity contribution is 0.525. The van der Waals surface area contributed by atoms with Gasteiger partial charge in [0, 0.05) is 38.9 Å². The minimum Gasteiger partial charge on any atom is -0.461 e. The van der Waals surface area contributed by atoms with E-state index < -0.39 is 5.41 Å². The van der Waals surface area contributed by atoms with Gasteiger partial charge >= 0.3 is 0 Å². The third-order valence-corrected chi connectivity index (χ3v) is 17.0. The number of rotatable bonds is 8. The second-order valence-electron chi connectivity index (χ2n) is 21.9. The number of nitrogens with zero attached hydrogens (tertiary/aromatic N) is 4. The summed E-state index contributed by atoms with van der Waals surface area (Å²) >= 11 is 0. The van der Waals surface area contributed by atoms with E-state index in [-0.39, 0.29) is 5.41 Å². The Morgan fingerprint density at radius 1 is 0.296 bits per heavy atom. The van der Waals surface area contributed by atoms with E-state index in [1.807, 2.05) is 0 Å².